The molecule has 1 saturated heterocycles. The number of carbonyl (C=O) groups is 1. The number of ether oxygens (including phenoxy) is 1. The fourth-order valence-corrected chi connectivity index (χ4v) is 1.80. The number of hydrogen-bond donors (Lipinski definition) is 2. The van der Waals surface area contributed by atoms with Crippen molar-refractivity contribution in [2.24, 2.45) is 0 Å². The van der Waals surface area contributed by atoms with Gasteiger partial charge in [-0.3, -0.25) is 9.69 Å². The predicted octanol–water partition coefficient (Wildman–Crippen LogP) is -0.230. The van der Waals surface area contributed by atoms with Gasteiger partial charge in [-0.25, -0.2) is 0 Å². The van der Waals surface area contributed by atoms with Crippen LogP contribution in [0, 0.1) is 0 Å². The summed E-state index contributed by atoms with van der Waals surface area (Å²) in [7, 11) is 1.68. The monoisotopic (exact) mass is 216 g/mol. The summed E-state index contributed by atoms with van der Waals surface area (Å²) in [6.45, 7) is 5.40. The molecule has 0 aliphatic carbocycles. The first-order chi connectivity index (χ1) is 7.13. The van der Waals surface area contributed by atoms with Crippen molar-refractivity contribution < 1.29 is 14.6 Å². The largest absolute Gasteiger partial charge is 0.480 e. The maximum absolute atomic E-state index is 10.8. The van der Waals surface area contributed by atoms with Crippen molar-refractivity contribution in [1.29, 1.82) is 0 Å². The van der Waals surface area contributed by atoms with E-state index in [1.165, 1.54) is 0 Å². The van der Waals surface area contributed by atoms with Gasteiger partial charge < -0.3 is 15.2 Å². The van der Waals surface area contributed by atoms with E-state index in [9.17, 15) is 4.79 Å². The van der Waals surface area contributed by atoms with Crippen LogP contribution < -0.4 is 5.32 Å². The summed E-state index contributed by atoms with van der Waals surface area (Å²) in [5.74, 6) is -0.779. The molecule has 15 heavy (non-hydrogen) atoms. The van der Waals surface area contributed by atoms with Crippen LogP contribution in [0.4, 0.5) is 0 Å². The Morgan fingerprint density at radius 1 is 1.73 bits per heavy atom. The number of likely N-dealkylation sites (N-methyl/N-ethyl adjacent to an activating group) is 1. The molecule has 0 bridgehead atoms. The van der Waals surface area contributed by atoms with Crippen molar-refractivity contribution in [1.82, 2.24) is 10.2 Å². The van der Waals surface area contributed by atoms with E-state index in [2.05, 4.69) is 10.2 Å². The predicted molar refractivity (Wildman–Crippen MR) is 57.0 cm³/mol. The molecular formula is C10H20N2O3. The number of carboxylic acid groups (broad SMARTS) is 1. The molecule has 5 heteroatoms. The topological polar surface area (TPSA) is 61.8 Å². The van der Waals surface area contributed by atoms with Crippen LogP contribution in [0.3, 0.4) is 0 Å². The molecule has 0 radical (unpaired) electrons. The Kier molecular flexibility index (Phi) is 5.01. The molecule has 1 aliphatic rings. The Balaban J connectivity index is 2.26. The molecule has 5 nitrogen and oxygen atoms in total. The molecule has 0 aromatic heterocycles. The highest BCUT2D eigenvalue weighted by molar-refractivity contribution is 5.73. The van der Waals surface area contributed by atoms with Gasteiger partial charge in [0.15, 0.2) is 0 Å². The summed E-state index contributed by atoms with van der Waals surface area (Å²) in [5.41, 5.74) is 0. The Morgan fingerprint density at radius 3 is 3.00 bits per heavy atom. The van der Waals surface area contributed by atoms with Crippen LogP contribution in [0.5, 0.6) is 0 Å². The van der Waals surface area contributed by atoms with Gasteiger partial charge in [0.2, 0.25) is 0 Å². The van der Waals surface area contributed by atoms with Crippen LogP contribution >= 0.6 is 0 Å². The molecule has 0 spiro atoms. The highest BCUT2D eigenvalue weighted by atomic mass is 16.5. The second-order valence-electron chi connectivity index (χ2n) is 3.95. The van der Waals surface area contributed by atoms with Crippen LogP contribution in [-0.2, 0) is 9.53 Å². The lowest BCUT2D eigenvalue weighted by atomic mass is 10.2. The number of nitrogens with zero attached hydrogens (tertiary/aromatic N) is 1. The maximum atomic E-state index is 10.8. The zero-order valence-electron chi connectivity index (χ0n) is 9.40. The third-order valence-corrected chi connectivity index (χ3v) is 2.71. The highest BCUT2D eigenvalue weighted by Gasteiger charge is 2.20. The molecule has 2 atom stereocenters. The van der Waals surface area contributed by atoms with Gasteiger partial charge in [-0.05, 0) is 20.4 Å². The molecule has 0 aromatic carbocycles. The van der Waals surface area contributed by atoms with Gasteiger partial charge >= 0.3 is 5.97 Å². The molecule has 1 aliphatic heterocycles. The zero-order valence-corrected chi connectivity index (χ0v) is 9.40. The molecule has 0 aromatic rings. The lowest BCUT2D eigenvalue weighted by molar-refractivity contribution is -0.139. The van der Waals surface area contributed by atoms with E-state index in [0.717, 1.165) is 26.2 Å². The summed E-state index contributed by atoms with van der Waals surface area (Å²) < 4.78 is 5.42. The Morgan fingerprint density at radius 2 is 2.47 bits per heavy atom. The lowest BCUT2D eigenvalue weighted by Crippen LogP contribution is -2.44. The Bertz CT molecular complexity index is 211. The Labute approximate surface area is 90.4 Å². The second kappa shape index (κ2) is 6.05. The first kappa shape index (κ1) is 12.4. The van der Waals surface area contributed by atoms with Crippen LogP contribution in [0.15, 0.2) is 0 Å². The van der Waals surface area contributed by atoms with Gasteiger partial charge in [-0.15, -0.1) is 0 Å². The molecular weight excluding hydrogens is 196 g/mol. The normalized spacial score (nSPS) is 25.1. The van der Waals surface area contributed by atoms with E-state index in [1.807, 2.05) is 6.92 Å². The highest BCUT2D eigenvalue weighted by Crippen LogP contribution is 2.05. The number of rotatable bonds is 5. The standard InChI is InChI=1S/C10H20N2O3/c1-8-7-12(5-6-15-8)4-3-9(11-2)10(13)14/h8-9,11H,3-7H2,1-2H3,(H,13,14). The third-order valence-electron chi connectivity index (χ3n) is 2.71. The van der Waals surface area contributed by atoms with Gasteiger partial charge in [-0.2, -0.15) is 0 Å². The molecule has 88 valence electrons. The van der Waals surface area contributed by atoms with E-state index in [1.54, 1.807) is 7.05 Å². The molecule has 0 amide bonds. The molecule has 1 rings (SSSR count). The quantitative estimate of drug-likeness (QED) is 0.664. The molecule has 2 N–H and O–H groups in total. The maximum Gasteiger partial charge on any atom is 0.320 e. The summed E-state index contributed by atoms with van der Waals surface area (Å²) in [4.78, 5) is 13.0. The van der Waals surface area contributed by atoms with Crippen LogP contribution in [0.2, 0.25) is 0 Å². The van der Waals surface area contributed by atoms with Crippen LogP contribution in [0.1, 0.15) is 13.3 Å². The van der Waals surface area contributed by atoms with Crippen molar-refractivity contribution in [3.63, 3.8) is 0 Å². The van der Waals surface area contributed by atoms with Gasteiger partial charge in [0.05, 0.1) is 12.7 Å². The fourth-order valence-electron chi connectivity index (χ4n) is 1.80. The molecule has 2 unspecified atom stereocenters. The number of morpholine rings is 1. The summed E-state index contributed by atoms with van der Waals surface area (Å²) in [6, 6.07) is -0.442. The Hall–Kier alpha value is -0.650. The third kappa shape index (κ3) is 4.15. The minimum atomic E-state index is -0.779. The van der Waals surface area contributed by atoms with Crippen molar-refractivity contribution >= 4 is 5.97 Å². The van der Waals surface area contributed by atoms with Gasteiger partial charge in [0.1, 0.15) is 6.04 Å². The number of hydrogen-bond acceptors (Lipinski definition) is 4. The van der Waals surface area contributed by atoms with Crippen molar-refractivity contribution in [3.05, 3.63) is 0 Å². The minimum Gasteiger partial charge on any atom is -0.480 e. The van der Waals surface area contributed by atoms with Crippen molar-refractivity contribution in [3.8, 4) is 0 Å². The number of aliphatic carboxylic acids is 1. The average molecular weight is 216 g/mol. The summed E-state index contributed by atoms with van der Waals surface area (Å²) in [5, 5.41) is 11.6. The molecule has 1 fully saturated rings. The molecule has 0 saturated carbocycles. The van der Waals surface area contributed by atoms with Crippen LogP contribution in [0.25, 0.3) is 0 Å². The van der Waals surface area contributed by atoms with E-state index in [-0.39, 0.29) is 6.10 Å². The van der Waals surface area contributed by atoms with Gasteiger partial charge in [0.25, 0.3) is 0 Å². The lowest BCUT2D eigenvalue weighted by Gasteiger charge is -2.31. The summed E-state index contributed by atoms with van der Waals surface area (Å²) >= 11 is 0. The van der Waals surface area contributed by atoms with Gasteiger partial charge in [-0.1, -0.05) is 0 Å². The molecule has 1 heterocycles. The average Bonchev–Trinajstić information content (AvgIpc) is 2.18. The SMILES string of the molecule is CNC(CCN1CCOC(C)C1)C(=O)O. The van der Waals surface area contributed by atoms with Crippen molar-refractivity contribution in [2.45, 2.75) is 25.5 Å². The summed E-state index contributed by atoms with van der Waals surface area (Å²) in [6.07, 6.45) is 0.898. The second-order valence-corrected chi connectivity index (χ2v) is 3.95. The van der Waals surface area contributed by atoms with E-state index in [4.69, 9.17) is 9.84 Å². The zero-order chi connectivity index (χ0) is 11.3. The fraction of sp³-hybridized carbons (Fsp3) is 0.900. The number of nitrogens with one attached hydrogen (secondary N) is 1. The number of carboxylic acids is 1. The first-order valence-electron chi connectivity index (χ1n) is 5.37. The van der Waals surface area contributed by atoms with Gasteiger partial charge in [0, 0.05) is 19.6 Å². The van der Waals surface area contributed by atoms with E-state index >= 15 is 0 Å². The smallest absolute Gasteiger partial charge is 0.320 e. The first-order valence-corrected chi connectivity index (χ1v) is 5.37. The minimum absolute atomic E-state index is 0.261. The van der Waals surface area contributed by atoms with E-state index < -0.39 is 12.0 Å². The van der Waals surface area contributed by atoms with Crippen LogP contribution in [-0.4, -0.2) is 61.4 Å². The van der Waals surface area contributed by atoms with E-state index in [0.29, 0.717) is 6.42 Å². The van der Waals surface area contributed by atoms with Crippen molar-refractivity contribution in [2.75, 3.05) is 33.3 Å².